The van der Waals surface area contributed by atoms with Crippen molar-refractivity contribution in [2.45, 2.75) is 22.6 Å². The van der Waals surface area contributed by atoms with E-state index in [9.17, 15) is 4.79 Å². The molecule has 0 saturated carbocycles. The average Bonchev–Trinajstić information content (AvgIpc) is 3.05. The van der Waals surface area contributed by atoms with Gasteiger partial charge in [-0.2, -0.15) is 0 Å². The second kappa shape index (κ2) is 7.34. The van der Waals surface area contributed by atoms with E-state index in [0.29, 0.717) is 6.42 Å². The van der Waals surface area contributed by atoms with Crippen molar-refractivity contribution in [3.8, 4) is 0 Å². The highest BCUT2D eigenvalue weighted by molar-refractivity contribution is 8.01. The topological polar surface area (TPSA) is 67.8 Å². The summed E-state index contributed by atoms with van der Waals surface area (Å²) in [5, 5.41) is 10.8. The monoisotopic (exact) mass is 342 g/mol. The Bertz CT molecular complexity index is 788. The van der Waals surface area contributed by atoms with Gasteiger partial charge in [0.25, 0.3) is 0 Å². The van der Waals surface area contributed by atoms with Crippen LogP contribution in [0.5, 0.6) is 0 Å². The first-order valence-electron chi connectivity index (χ1n) is 6.95. The van der Waals surface area contributed by atoms with E-state index in [4.69, 9.17) is 0 Å². The lowest BCUT2D eigenvalue weighted by atomic mass is 10.2. The summed E-state index contributed by atoms with van der Waals surface area (Å²) in [5.41, 5.74) is 4.29. The Balaban J connectivity index is 1.69. The lowest BCUT2D eigenvalue weighted by Crippen LogP contribution is -2.15. The number of pyridine rings is 1. The Morgan fingerprint density at radius 3 is 2.87 bits per heavy atom. The van der Waals surface area contributed by atoms with Crippen LogP contribution in [0.25, 0.3) is 0 Å². The molecule has 0 spiro atoms. The van der Waals surface area contributed by atoms with E-state index in [0.717, 1.165) is 26.2 Å². The number of hydrogen-bond acceptors (Lipinski definition) is 6. The van der Waals surface area contributed by atoms with Crippen LogP contribution in [-0.4, -0.2) is 21.1 Å². The van der Waals surface area contributed by atoms with Gasteiger partial charge in [-0.3, -0.25) is 9.78 Å². The number of aryl methyl sites for hydroxylation is 1. The van der Waals surface area contributed by atoms with Crippen LogP contribution in [0.1, 0.15) is 11.3 Å². The minimum absolute atomic E-state index is 0.0685. The zero-order valence-electron chi connectivity index (χ0n) is 12.4. The molecule has 0 saturated heterocycles. The molecule has 1 aromatic carbocycles. The third-order valence-electron chi connectivity index (χ3n) is 3.04. The van der Waals surface area contributed by atoms with Crippen molar-refractivity contribution in [2.24, 2.45) is 0 Å². The largest absolute Gasteiger partial charge is 0.325 e. The molecular formula is C16H14N4OS2. The fraction of sp³-hybridized carbons (Fsp3) is 0.125. The highest BCUT2D eigenvalue weighted by Gasteiger charge is 2.10. The van der Waals surface area contributed by atoms with Crippen LogP contribution < -0.4 is 5.32 Å². The summed E-state index contributed by atoms with van der Waals surface area (Å²) in [7, 11) is 0. The third-order valence-corrected chi connectivity index (χ3v) is 4.89. The molecular weight excluding hydrogens is 328 g/mol. The third kappa shape index (κ3) is 4.37. The molecule has 0 unspecified atom stereocenters. The van der Waals surface area contributed by atoms with E-state index in [1.807, 2.05) is 43.3 Å². The predicted octanol–water partition coefficient (Wildman–Crippen LogP) is 3.57. The first-order valence-corrected chi connectivity index (χ1v) is 8.65. The zero-order valence-corrected chi connectivity index (χ0v) is 14.0. The number of amides is 1. The molecule has 3 rings (SSSR count). The average molecular weight is 342 g/mol. The van der Waals surface area contributed by atoms with Gasteiger partial charge >= 0.3 is 0 Å². The van der Waals surface area contributed by atoms with Gasteiger partial charge in [-0.05, 0) is 30.7 Å². The van der Waals surface area contributed by atoms with Crippen molar-refractivity contribution in [1.82, 2.24) is 15.2 Å². The fourth-order valence-corrected chi connectivity index (χ4v) is 3.46. The maximum atomic E-state index is 12.2. The summed E-state index contributed by atoms with van der Waals surface area (Å²) < 4.78 is 0.842. The Kier molecular flexibility index (Phi) is 4.99. The highest BCUT2D eigenvalue weighted by atomic mass is 32.2. The number of carbonyl (C=O) groups is 1. The second-order valence-corrected chi connectivity index (χ2v) is 6.96. The number of nitrogens with one attached hydrogen (secondary N) is 1. The smallest absolute Gasteiger partial charge is 0.228 e. The molecule has 0 aliphatic carbocycles. The summed E-state index contributed by atoms with van der Waals surface area (Å²) >= 11 is 2.96. The molecule has 5 nitrogen and oxygen atoms in total. The van der Waals surface area contributed by atoms with Crippen LogP contribution in [0.3, 0.4) is 0 Å². The van der Waals surface area contributed by atoms with Crippen molar-refractivity contribution < 1.29 is 4.79 Å². The number of rotatable bonds is 5. The normalized spacial score (nSPS) is 10.5. The van der Waals surface area contributed by atoms with E-state index < -0.39 is 0 Å². The molecule has 0 fully saturated rings. The molecule has 0 radical (unpaired) electrons. The molecule has 2 aromatic heterocycles. The minimum atomic E-state index is -0.0685. The van der Waals surface area contributed by atoms with Crippen LogP contribution in [0.4, 0.5) is 5.69 Å². The maximum absolute atomic E-state index is 12.2. The number of nitrogens with zero attached hydrogens (tertiary/aromatic N) is 3. The van der Waals surface area contributed by atoms with Crippen LogP contribution >= 0.6 is 23.1 Å². The molecule has 0 aliphatic rings. The summed E-state index contributed by atoms with van der Waals surface area (Å²) in [6.45, 7) is 1.92. The standard InChI is InChI=1S/C16H14N4OS2/c1-11-6-7-12(9-17-11)8-15(21)19-13-4-2-3-5-14(13)23-16-20-18-10-22-16/h2-7,9-10H,8H2,1H3,(H,19,21). The van der Waals surface area contributed by atoms with Gasteiger partial charge in [-0.25, -0.2) is 0 Å². The Hall–Kier alpha value is -2.25. The van der Waals surface area contributed by atoms with Crippen LogP contribution in [-0.2, 0) is 11.2 Å². The van der Waals surface area contributed by atoms with Gasteiger partial charge in [0.2, 0.25) is 5.91 Å². The van der Waals surface area contributed by atoms with Gasteiger partial charge in [-0.15, -0.1) is 10.2 Å². The molecule has 2 heterocycles. The van der Waals surface area contributed by atoms with E-state index in [1.165, 1.54) is 23.1 Å². The van der Waals surface area contributed by atoms with Crippen LogP contribution in [0.15, 0.2) is 57.3 Å². The van der Waals surface area contributed by atoms with Gasteiger partial charge in [0.15, 0.2) is 4.34 Å². The van der Waals surface area contributed by atoms with E-state index in [2.05, 4.69) is 20.5 Å². The van der Waals surface area contributed by atoms with Crippen LogP contribution in [0.2, 0.25) is 0 Å². The maximum Gasteiger partial charge on any atom is 0.228 e. The molecule has 0 bridgehead atoms. The van der Waals surface area contributed by atoms with Crippen LogP contribution in [0, 0.1) is 6.92 Å². The molecule has 23 heavy (non-hydrogen) atoms. The van der Waals surface area contributed by atoms with Gasteiger partial charge in [0.1, 0.15) is 5.51 Å². The van der Waals surface area contributed by atoms with Crippen molar-refractivity contribution in [3.05, 3.63) is 59.4 Å². The second-order valence-electron chi connectivity index (χ2n) is 4.84. The van der Waals surface area contributed by atoms with Crippen molar-refractivity contribution in [2.75, 3.05) is 5.32 Å². The highest BCUT2D eigenvalue weighted by Crippen LogP contribution is 2.33. The lowest BCUT2D eigenvalue weighted by molar-refractivity contribution is -0.115. The molecule has 7 heteroatoms. The molecule has 3 aromatic rings. The van der Waals surface area contributed by atoms with E-state index >= 15 is 0 Å². The number of anilines is 1. The molecule has 0 atom stereocenters. The molecule has 1 N–H and O–H groups in total. The Labute approximate surface area is 142 Å². The lowest BCUT2D eigenvalue weighted by Gasteiger charge is -2.09. The van der Waals surface area contributed by atoms with Crippen molar-refractivity contribution >= 4 is 34.7 Å². The molecule has 0 aliphatic heterocycles. The number of hydrogen-bond donors (Lipinski definition) is 1. The Morgan fingerprint density at radius 1 is 1.26 bits per heavy atom. The minimum Gasteiger partial charge on any atom is -0.325 e. The van der Waals surface area contributed by atoms with E-state index in [-0.39, 0.29) is 5.91 Å². The van der Waals surface area contributed by atoms with Crippen molar-refractivity contribution in [3.63, 3.8) is 0 Å². The van der Waals surface area contributed by atoms with Gasteiger partial charge < -0.3 is 5.32 Å². The summed E-state index contributed by atoms with van der Waals surface area (Å²) in [4.78, 5) is 17.4. The van der Waals surface area contributed by atoms with Crippen molar-refractivity contribution in [1.29, 1.82) is 0 Å². The Morgan fingerprint density at radius 2 is 2.13 bits per heavy atom. The predicted molar refractivity (Wildman–Crippen MR) is 91.8 cm³/mol. The number of benzene rings is 1. The quantitative estimate of drug-likeness (QED) is 0.768. The number of aromatic nitrogens is 3. The fourth-order valence-electron chi connectivity index (χ4n) is 1.94. The summed E-state index contributed by atoms with van der Waals surface area (Å²) in [6.07, 6.45) is 2.03. The summed E-state index contributed by atoms with van der Waals surface area (Å²) in [6, 6.07) is 11.5. The molecule has 1 amide bonds. The van der Waals surface area contributed by atoms with Gasteiger partial charge in [0.05, 0.1) is 12.1 Å². The SMILES string of the molecule is Cc1ccc(CC(=O)Nc2ccccc2Sc2nncs2)cn1. The van der Waals surface area contributed by atoms with Gasteiger partial charge in [-0.1, -0.05) is 41.3 Å². The molecule has 116 valence electrons. The number of para-hydroxylation sites is 1. The first-order chi connectivity index (χ1) is 11.2. The van der Waals surface area contributed by atoms with Gasteiger partial charge in [0, 0.05) is 16.8 Å². The number of carbonyl (C=O) groups excluding carboxylic acids is 1. The first kappa shape index (κ1) is 15.6. The van der Waals surface area contributed by atoms with E-state index in [1.54, 1.807) is 11.7 Å². The summed E-state index contributed by atoms with van der Waals surface area (Å²) in [5.74, 6) is -0.0685. The zero-order chi connectivity index (χ0) is 16.1.